The highest BCUT2D eigenvalue weighted by molar-refractivity contribution is 5.94. The lowest BCUT2D eigenvalue weighted by Crippen LogP contribution is -2.23. The standard InChI is InChI=1S/C16H14F2N2O/c17-14-4-1-10(5-15(14)18)7-20-16(21)11-2-3-12-8-19-9-13(12)6-11/h1-6,19H,7-9H2,(H,20,21). The van der Waals surface area contributed by atoms with Crippen LogP contribution in [0.15, 0.2) is 36.4 Å². The van der Waals surface area contributed by atoms with Gasteiger partial charge in [-0.15, -0.1) is 0 Å². The second-order valence-electron chi connectivity index (χ2n) is 5.02. The van der Waals surface area contributed by atoms with Crippen LogP contribution in [0.25, 0.3) is 0 Å². The molecule has 0 bridgehead atoms. The van der Waals surface area contributed by atoms with Gasteiger partial charge in [0.25, 0.3) is 5.91 Å². The van der Waals surface area contributed by atoms with Gasteiger partial charge in [-0.25, -0.2) is 8.78 Å². The fourth-order valence-electron chi connectivity index (χ4n) is 2.37. The molecular formula is C16H14F2N2O. The van der Waals surface area contributed by atoms with Gasteiger partial charge < -0.3 is 10.6 Å². The Morgan fingerprint density at radius 2 is 1.86 bits per heavy atom. The van der Waals surface area contributed by atoms with E-state index >= 15 is 0 Å². The van der Waals surface area contributed by atoms with Crippen molar-refractivity contribution in [2.45, 2.75) is 19.6 Å². The van der Waals surface area contributed by atoms with Crippen LogP contribution in [-0.4, -0.2) is 5.91 Å². The van der Waals surface area contributed by atoms with Crippen LogP contribution >= 0.6 is 0 Å². The van der Waals surface area contributed by atoms with Crippen LogP contribution in [0.1, 0.15) is 27.0 Å². The minimum Gasteiger partial charge on any atom is -0.348 e. The highest BCUT2D eigenvalue weighted by Crippen LogP contribution is 2.17. The van der Waals surface area contributed by atoms with Crippen molar-refractivity contribution in [1.29, 1.82) is 0 Å². The van der Waals surface area contributed by atoms with Gasteiger partial charge in [0, 0.05) is 25.2 Å². The number of fused-ring (bicyclic) bond motifs is 1. The molecule has 0 spiro atoms. The summed E-state index contributed by atoms with van der Waals surface area (Å²) in [5.41, 5.74) is 3.41. The van der Waals surface area contributed by atoms with E-state index in [2.05, 4.69) is 10.6 Å². The van der Waals surface area contributed by atoms with E-state index < -0.39 is 11.6 Å². The lowest BCUT2D eigenvalue weighted by molar-refractivity contribution is 0.0950. The Hall–Kier alpha value is -2.27. The molecule has 2 aromatic rings. The Morgan fingerprint density at radius 1 is 1.05 bits per heavy atom. The summed E-state index contributed by atoms with van der Waals surface area (Å²) in [7, 11) is 0. The number of hydrogen-bond acceptors (Lipinski definition) is 2. The molecule has 0 atom stereocenters. The van der Waals surface area contributed by atoms with E-state index in [1.165, 1.54) is 11.6 Å². The minimum atomic E-state index is -0.912. The van der Waals surface area contributed by atoms with E-state index in [-0.39, 0.29) is 12.5 Å². The maximum Gasteiger partial charge on any atom is 0.251 e. The molecule has 0 radical (unpaired) electrons. The first-order valence-electron chi connectivity index (χ1n) is 6.68. The van der Waals surface area contributed by atoms with Crippen LogP contribution < -0.4 is 10.6 Å². The molecular weight excluding hydrogens is 274 g/mol. The van der Waals surface area contributed by atoms with E-state index in [4.69, 9.17) is 0 Å². The fraction of sp³-hybridized carbons (Fsp3) is 0.188. The summed E-state index contributed by atoms with van der Waals surface area (Å²) in [6.07, 6.45) is 0. The lowest BCUT2D eigenvalue weighted by atomic mass is 10.1. The molecule has 108 valence electrons. The molecule has 3 nitrogen and oxygen atoms in total. The Labute approximate surface area is 121 Å². The van der Waals surface area contributed by atoms with Crippen molar-refractivity contribution >= 4 is 5.91 Å². The van der Waals surface area contributed by atoms with Gasteiger partial charge in [-0.05, 0) is 41.0 Å². The second-order valence-corrected chi connectivity index (χ2v) is 5.02. The van der Waals surface area contributed by atoms with Crippen LogP contribution in [0.5, 0.6) is 0 Å². The largest absolute Gasteiger partial charge is 0.348 e. The van der Waals surface area contributed by atoms with Gasteiger partial charge in [-0.1, -0.05) is 12.1 Å². The van der Waals surface area contributed by atoms with E-state index in [9.17, 15) is 13.6 Å². The SMILES string of the molecule is O=C(NCc1ccc(F)c(F)c1)c1ccc2c(c1)CNC2. The summed E-state index contributed by atoms with van der Waals surface area (Å²) in [6, 6.07) is 9.15. The number of amides is 1. The van der Waals surface area contributed by atoms with Crippen molar-refractivity contribution in [1.82, 2.24) is 10.6 Å². The zero-order valence-electron chi connectivity index (χ0n) is 11.2. The van der Waals surface area contributed by atoms with Crippen molar-refractivity contribution in [3.8, 4) is 0 Å². The van der Waals surface area contributed by atoms with E-state index in [1.54, 1.807) is 6.07 Å². The number of nitrogens with one attached hydrogen (secondary N) is 2. The molecule has 0 unspecified atom stereocenters. The van der Waals surface area contributed by atoms with E-state index in [0.29, 0.717) is 11.1 Å². The van der Waals surface area contributed by atoms with Gasteiger partial charge in [0.1, 0.15) is 0 Å². The molecule has 21 heavy (non-hydrogen) atoms. The van der Waals surface area contributed by atoms with Crippen molar-refractivity contribution in [2.75, 3.05) is 0 Å². The first kappa shape index (κ1) is 13.7. The van der Waals surface area contributed by atoms with Gasteiger partial charge in [0.15, 0.2) is 11.6 Å². The van der Waals surface area contributed by atoms with Crippen LogP contribution in [0.4, 0.5) is 8.78 Å². The Morgan fingerprint density at radius 3 is 2.67 bits per heavy atom. The van der Waals surface area contributed by atoms with Crippen LogP contribution in [0.3, 0.4) is 0 Å². The molecule has 1 aliphatic heterocycles. The summed E-state index contributed by atoms with van der Waals surface area (Å²) in [4.78, 5) is 12.1. The van der Waals surface area contributed by atoms with Crippen LogP contribution in [-0.2, 0) is 19.6 Å². The molecule has 1 heterocycles. The first-order valence-corrected chi connectivity index (χ1v) is 6.68. The third kappa shape index (κ3) is 2.92. The summed E-state index contributed by atoms with van der Waals surface area (Å²) in [6.45, 7) is 1.75. The molecule has 5 heteroatoms. The normalized spacial score (nSPS) is 13.0. The number of rotatable bonds is 3. The monoisotopic (exact) mass is 288 g/mol. The van der Waals surface area contributed by atoms with E-state index in [1.807, 2.05) is 12.1 Å². The zero-order valence-corrected chi connectivity index (χ0v) is 11.2. The van der Waals surface area contributed by atoms with Gasteiger partial charge >= 0.3 is 0 Å². The third-order valence-corrected chi connectivity index (χ3v) is 3.54. The molecule has 2 aromatic carbocycles. The number of hydrogen-bond donors (Lipinski definition) is 2. The zero-order chi connectivity index (χ0) is 14.8. The third-order valence-electron chi connectivity index (χ3n) is 3.54. The van der Waals surface area contributed by atoms with Gasteiger partial charge in [-0.3, -0.25) is 4.79 Å². The molecule has 0 aromatic heterocycles. The highest BCUT2D eigenvalue weighted by atomic mass is 19.2. The van der Waals surface area contributed by atoms with Crippen molar-refractivity contribution in [3.05, 3.63) is 70.3 Å². The number of carbonyl (C=O) groups excluding carboxylic acids is 1. The lowest BCUT2D eigenvalue weighted by Gasteiger charge is -2.07. The average Bonchev–Trinajstić information content (AvgIpc) is 2.95. The number of halogens is 2. The minimum absolute atomic E-state index is 0.158. The van der Waals surface area contributed by atoms with Gasteiger partial charge in [0.05, 0.1) is 0 Å². The molecule has 1 amide bonds. The molecule has 0 fully saturated rings. The predicted octanol–water partition coefficient (Wildman–Crippen LogP) is 2.50. The Balaban J connectivity index is 1.67. The summed E-state index contributed by atoms with van der Waals surface area (Å²) < 4.78 is 25.9. The molecule has 2 N–H and O–H groups in total. The number of benzene rings is 2. The van der Waals surface area contributed by atoms with Gasteiger partial charge in [0.2, 0.25) is 0 Å². The first-order chi connectivity index (χ1) is 10.1. The van der Waals surface area contributed by atoms with Crippen molar-refractivity contribution < 1.29 is 13.6 Å². The smallest absolute Gasteiger partial charge is 0.251 e. The summed E-state index contributed by atoms with van der Waals surface area (Å²) in [5, 5.41) is 5.92. The van der Waals surface area contributed by atoms with Crippen molar-refractivity contribution in [2.24, 2.45) is 0 Å². The summed E-state index contributed by atoms with van der Waals surface area (Å²) >= 11 is 0. The molecule has 1 aliphatic rings. The Kier molecular flexibility index (Phi) is 3.66. The van der Waals surface area contributed by atoms with Crippen LogP contribution in [0.2, 0.25) is 0 Å². The maximum absolute atomic E-state index is 13.1. The second kappa shape index (κ2) is 5.61. The summed E-state index contributed by atoms with van der Waals surface area (Å²) in [5.74, 6) is -2.03. The maximum atomic E-state index is 13.1. The quantitative estimate of drug-likeness (QED) is 0.911. The molecule has 0 saturated carbocycles. The number of carbonyl (C=O) groups is 1. The predicted molar refractivity (Wildman–Crippen MR) is 74.5 cm³/mol. The topological polar surface area (TPSA) is 41.1 Å². The van der Waals surface area contributed by atoms with Crippen molar-refractivity contribution in [3.63, 3.8) is 0 Å². The van der Waals surface area contributed by atoms with E-state index in [0.717, 1.165) is 30.8 Å². The Bertz CT molecular complexity index is 701. The van der Waals surface area contributed by atoms with Gasteiger partial charge in [-0.2, -0.15) is 0 Å². The van der Waals surface area contributed by atoms with Crippen LogP contribution in [0, 0.1) is 11.6 Å². The fourth-order valence-corrected chi connectivity index (χ4v) is 2.37. The molecule has 3 rings (SSSR count). The highest BCUT2D eigenvalue weighted by Gasteiger charge is 2.13. The molecule has 0 saturated heterocycles. The molecule has 0 aliphatic carbocycles. The average molecular weight is 288 g/mol.